The molecule has 0 aliphatic carbocycles. The number of nitrogens with two attached hydrogens (primary N) is 1. The van der Waals surface area contributed by atoms with Crippen LogP contribution in [0.1, 0.15) is 11.1 Å². The molecule has 0 aliphatic heterocycles. The zero-order valence-electron chi connectivity index (χ0n) is 10.8. The van der Waals surface area contributed by atoms with Crippen molar-refractivity contribution in [3.05, 3.63) is 58.2 Å². The molecule has 1 aromatic carbocycles. The van der Waals surface area contributed by atoms with E-state index < -0.39 is 10.0 Å². The number of benzene rings is 1. The van der Waals surface area contributed by atoms with Crippen LogP contribution >= 0.6 is 28.1 Å². The van der Waals surface area contributed by atoms with E-state index in [9.17, 15) is 8.42 Å². The van der Waals surface area contributed by atoms with Gasteiger partial charge in [-0.25, -0.2) is 13.4 Å². The lowest BCUT2D eigenvalue weighted by Crippen LogP contribution is -2.16. The minimum atomic E-state index is -3.53. The van der Waals surface area contributed by atoms with Crippen molar-refractivity contribution >= 4 is 49.0 Å². The van der Waals surface area contributed by atoms with Gasteiger partial charge in [0.05, 0.1) is 5.75 Å². The number of pyridine rings is 1. The molecule has 0 spiro atoms. The quantitative estimate of drug-likeness (QED) is 0.771. The summed E-state index contributed by atoms with van der Waals surface area (Å²) in [7, 11) is -3.53. The van der Waals surface area contributed by atoms with E-state index >= 15 is 0 Å². The second-order valence-electron chi connectivity index (χ2n) is 4.28. The van der Waals surface area contributed by atoms with Crippen LogP contribution in [0.5, 0.6) is 0 Å². The van der Waals surface area contributed by atoms with Crippen molar-refractivity contribution in [3.63, 3.8) is 0 Å². The molecule has 21 heavy (non-hydrogen) atoms. The molecule has 8 heteroatoms. The van der Waals surface area contributed by atoms with E-state index in [1.54, 1.807) is 36.4 Å². The summed E-state index contributed by atoms with van der Waals surface area (Å²) in [6.45, 7) is 0. The Morgan fingerprint density at radius 1 is 1.24 bits per heavy atom. The Bertz CT molecular complexity index is 744. The highest BCUT2D eigenvalue weighted by atomic mass is 79.9. The average molecular weight is 386 g/mol. The molecule has 0 radical (unpaired) electrons. The standard InChI is InChI=1S/C13H12BrN3O2S2/c14-11-5-6-12(16-7-11)17-21(18,19)8-9-1-3-10(4-2-9)13(15)20/h1-7H,8H2,(H2,15,20)(H,16,17). The first-order valence-electron chi connectivity index (χ1n) is 5.86. The third kappa shape index (κ3) is 4.76. The van der Waals surface area contributed by atoms with Crippen molar-refractivity contribution < 1.29 is 8.42 Å². The maximum atomic E-state index is 12.1. The summed E-state index contributed by atoms with van der Waals surface area (Å²) in [4.78, 5) is 4.25. The van der Waals surface area contributed by atoms with Crippen LogP contribution < -0.4 is 10.5 Å². The fourth-order valence-electron chi connectivity index (χ4n) is 1.62. The summed E-state index contributed by atoms with van der Waals surface area (Å²) >= 11 is 8.08. The Hall–Kier alpha value is -1.51. The maximum Gasteiger partial charge on any atom is 0.238 e. The minimum Gasteiger partial charge on any atom is -0.389 e. The predicted octanol–water partition coefficient (Wildman–Crippen LogP) is 2.42. The Kier molecular flexibility index (Phi) is 4.92. The van der Waals surface area contributed by atoms with Gasteiger partial charge in [-0.05, 0) is 33.6 Å². The van der Waals surface area contributed by atoms with Crippen LogP contribution in [0.25, 0.3) is 0 Å². The number of thiocarbonyl (C=S) groups is 1. The predicted molar refractivity (Wildman–Crippen MR) is 90.5 cm³/mol. The average Bonchev–Trinajstić information content (AvgIpc) is 2.41. The molecule has 0 unspecified atom stereocenters. The van der Waals surface area contributed by atoms with Gasteiger partial charge in [0.15, 0.2) is 0 Å². The highest BCUT2D eigenvalue weighted by molar-refractivity contribution is 9.10. The molecule has 0 atom stereocenters. The van der Waals surface area contributed by atoms with Gasteiger partial charge in [0.1, 0.15) is 10.8 Å². The van der Waals surface area contributed by atoms with Crippen LogP contribution in [0, 0.1) is 0 Å². The summed E-state index contributed by atoms with van der Waals surface area (Å²) < 4.78 is 27.3. The summed E-state index contributed by atoms with van der Waals surface area (Å²) in [5.41, 5.74) is 6.84. The van der Waals surface area contributed by atoms with Crippen molar-refractivity contribution in [2.45, 2.75) is 5.75 Å². The number of hydrogen-bond acceptors (Lipinski definition) is 4. The zero-order chi connectivity index (χ0) is 15.5. The number of hydrogen-bond donors (Lipinski definition) is 2. The van der Waals surface area contributed by atoms with Gasteiger partial charge in [0.2, 0.25) is 10.0 Å². The van der Waals surface area contributed by atoms with Gasteiger partial charge in [-0.3, -0.25) is 4.72 Å². The molecule has 2 aromatic rings. The summed E-state index contributed by atoms with van der Waals surface area (Å²) in [6, 6.07) is 10.1. The maximum absolute atomic E-state index is 12.1. The van der Waals surface area contributed by atoms with E-state index in [-0.39, 0.29) is 16.6 Å². The van der Waals surface area contributed by atoms with Crippen molar-refractivity contribution in [2.75, 3.05) is 4.72 Å². The third-order valence-corrected chi connectivity index (χ3v) is 4.52. The molecule has 0 bridgehead atoms. The molecule has 0 amide bonds. The van der Waals surface area contributed by atoms with Crippen molar-refractivity contribution in [1.82, 2.24) is 4.98 Å². The number of nitrogens with one attached hydrogen (secondary N) is 1. The SMILES string of the molecule is NC(=S)c1ccc(CS(=O)(=O)Nc2ccc(Br)cn2)cc1. The van der Waals surface area contributed by atoms with Crippen LogP contribution in [-0.2, 0) is 15.8 Å². The number of aromatic nitrogens is 1. The van der Waals surface area contributed by atoms with E-state index in [4.69, 9.17) is 18.0 Å². The van der Waals surface area contributed by atoms with E-state index in [2.05, 4.69) is 25.6 Å². The normalized spacial score (nSPS) is 11.1. The van der Waals surface area contributed by atoms with Crippen LogP contribution in [0.3, 0.4) is 0 Å². The first kappa shape index (κ1) is 15.9. The van der Waals surface area contributed by atoms with Gasteiger partial charge in [-0.1, -0.05) is 36.5 Å². The first-order valence-corrected chi connectivity index (χ1v) is 8.72. The van der Waals surface area contributed by atoms with Crippen LogP contribution in [0.4, 0.5) is 5.82 Å². The van der Waals surface area contributed by atoms with Crippen molar-refractivity contribution in [1.29, 1.82) is 0 Å². The fourth-order valence-corrected chi connectivity index (χ4v) is 3.13. The highest BCUT2D eigenvalue weighted by Gasteiger charge is 2.12. The van der Waals surface area contributed by atoms with Crippen LogP contribution in [0.15, 0.2) is 47.1 Å². The monoisotopic (exact) mass is 385 g/mol. The third-order valence-electron chi connectivity index (χ3n) is 2.58. The van der Waals surface area contributed by atoms with E-state index in [1.807, 2.05) is 0 Å². The summed E-state index contributed by atoms with van der Waals surface area (Å²) in [5, 5.41) is 0. The van der Waals surface area contributed by atoms with Crippen molar-refractivity contribution in [3.8, 4) is 0 Å². The van der Waals surface area contributed by atoms with E-state index in [0.717, 1.165) is 4.47 Å². The number of sulfonamides is 1. The molecule has 5 nitrogen and oxygen atoms in total. The van der Waals surface area contributed by atoms with Crippen LogP contribution in [-0.4, -0.2) is 18.4 Å². The second kappa shape index (κ2) is 6.50. The molecular formula is C13H12BrN3O2S2. The van der Waals surface area contributed by atoms with E-state index in [1.165, 1.54) is 6.20 Å². The summed E-state index contributed by atoms with van der Waals surface area (Å²) in [5.74, 6) is 0.125. The Morgan fingerprint density at radius 3 is 2.43 bits per heavy atom. The smallest absolute Gasteiger partial charge is 0.238 e. The van der Waals surface area contributed by atoms with Crippen LogP contribution in [0.2, 0.25) is 0 Å². The molecule has 2 rings (SSSR count). The molecule has 1 heterocycles. The molecule has 110 valence electrons. The lowest BCUT2D eigenvalue weighted by atomic mass is 10.1. The first-order chi connectivity index (χ1) is 9.85. The Labute approximate surface area is 136 Å². The van der Waals surface area contributed by atoms with Gasteiger partial charge in [-0.2, -0.15) is 0 Å². The summed E-state index contributed by atoms with van der Waals surface area (Å²) in [6.07, 6.45) is 1.52. The largest absolute Gasteiger partial charge is 0.389 e. The lowest BCUT2D eigenvalue weighted by Gasteiger charge is -2.08. The second-order valence-corrected chi connectivity index (χ2v) is 7.36. The minimum absolute atomic E-state index is 0.150. The number of nitrogens with zero attached hydrogens (tertiary/aromatic N) is 1. The lowest BCUT2D eigenvalue weighted by molar-refractivity contribution is 0.600. The number of anilines is 1. The molecule has 3 N–H and O–H groups in total. The molecule has 0 fully saturated rings. The van der Waals surface area contributed by atoms with Gasteiger partial charge in [-0.15, -0.1) is 0 Å². The number of halogens is 1. The number of rotatable bonds is 5. The molecular weight excluding hydrogens is 374 g/mol. The Balaban J connectivity index is 2.10. The molecule has 0 aliphatic rings. The molecule has 0 saturated carbocycles. The highest BCUT2D eigenvalue weighted by Crippen LogP contribution is 2.14. The van der Waals surface area contributed by atoms with Gasteiger partial charge >= 0.3 is 0 Å². The van der Waals surface area contributed by atoms with Gasteiger partial charge in [0, 0.05) is 16.2 Å². The fraction of sp³-hybridized carbons (Fsp3) is 0.0769. The van der Waals surface area contributed by atoms with E-state index in [0.29, 0.717) is 11.1 Å². The molecule has 0 saturated heterocycles. The molecule has 1 aromatic heterocycles. The van der Waals surface area contributed by atoms with Crippen molar-refractivity contribution in [2.24, 2.45) is 5.73 Å². The van der Waals surface area contributed by atoms with Gasteiger partial charge in [0.25, 0.3) is 0 Å². The Morgan fingerprint density at radius 2 is 1.90 bits per heavy atom. The zero-order valence-corrected chi connectivity index (χ0v) is 14.0. The van der Waals surface area contributed by atoms with Gasteiger partial charge < -0.3 is 5.73 Å². The topological polar surface area (TPSA) is 85.1 Å².